The standard InChI is InChI=1S/C6H13NO2/c1-7(2)5-3-4-6(8)9/h3-5H2,1-2H3,(H,8,9)/i1D3,2D3. The molecule has 0 rings (SSSR count). The minimum absolute atomic E-state index is 0.00782. The highest BCUT2D eigenvalue weighted by atomic mass is 16.4. The van der Waals surface area contributed by atoms with Crippen molar-refractivity contribution in [2.24, 2.45) is 0 Å². The van der Waals surface area contributed by atoms with Crippen LogP contribution in [-0.4, -0.2) is 36.5 Å². The maximum absolute atomic E-state index is 10.2. The summed E-state index contributed by atoms with van der Waals surface area (Å²) >= 11 is 0. The number of carboxylic acid groups (broad SMARTS) is 1. The van der Waals surface area contributed by atoms with Gasteiger partial charge in [0, 0.05) is 14.6 Å². The number of hydrogen-bond donors (Lipinski definition) is 1. The van der Waals surface area contributed by atoms with E-state index in [-0.39, 0.29) is 19.4 Å². The predicted octanol–water partition coefficient (Wildman–Crippen LogP) is 0.413. The van der Waals surface area contributed by atoms with E-state index < -0.39 is 19.9 Å². The highest BCUT2D eigenvalue weighted by Gasteiger charge is 1.95. The van der Waals surface area contributed by atoms with Gasteiger partial charge in [-0.3, -0.25) is 4.79 Å². The summed E-state index contributed by atoms with van der Waals surface area (Å²) < 4.78 is 41.9. The summed E-state index contributed by atoms with van der Waals surface area (Å²) in [5, 5.41) is 8.33. The Bertz CT molecular complexity index is 209. The van der Waals surface area contributed by atoms with Crippen LogP contribution in [0.3, 0.4) is 0 Å². The molecule has 3 nitrogen and oxygen atoms in total. The molecule has 0 aromatic rings. The second-order valence-corrected chi connectivity index (χ2v) is 1.65. The molecule has 3 heteroatoms. The molecule has 54 valence electrons. The number of carbonyl (C=O) groups is 1. The average molecular weight is 137 g/mol. The summed E-state index contributed by atoms with van der Waals surface area (Å²) in [6.45, 7) is -5.76. The zero-order valence-corrected chi connectivity index (χ0v) is 4.92. The third-order valence-electron chi connectivity index (χ3n) is 0.772. The van der Waals surface area contributed by atoms with Gasteiger partial charge in [-0.15, -0.1) is 0 Å². The number of nitrogens with zero attached hydrogens (tertiary/aromatic N) is 1. The third kappa shape index (κ3) is 7.43. The smallest absolute Gasteiger partial charge is 0.303 e. The van der Waals surface area contributed by atoms with Crippen molar-refractivity contribution in [1.29, 1.82) is 0 Å². The fraction of sp³-hybridized carbons (Fsp3) is 0.833. The first kappa shape index (κ1) is 2.58. The van der Waals surface area contributed by atoms with E-state index in [2.05, 4.69) is 0 Å². The van der Waals surface area contributed by atoms with Crippen LogP contribution in [0, 0.1) is 0 Å². The molecule has 0 aliphatic carbocycles. The van der Waals surface area contributed by atoms with Crippen LogP contribution in [0.15, 0.2) is 0 Å². The first-order chi connectivity index (χ1) is 6.55. The molecule has 0 saturated heterocycles. The van der Waals surface area contributed by atoms with Gasteiger partial charge < -0.3 is 10.0 Å². The maximum atomic E-state index is 10.2. The topological polar surface area (TPSA) is 40.5 Å². The first-order valence-electron chi connectivity index (χ1n) is 5.54. The lowest BCUT2D eigenvalue weighted by Gasteiger charge is -2.06. The van der Waals surface area contributed by atoms with E-state index in [1.54, 1.807) is 0 Å². The first-order valence-corrected chi connectivity index (χ1v) is 2.54. The minimum atomic E-state index is -2.73. The van der Waals surface area contributed by atoms with Gasteiger partial charge in [0.15, 0.2) is 0 Å². The molecule has 0 heterocycles. The fourth-order valence-corrected chi connectivity index (χ4v) is 0.388. The van der Waals surface area contributed by atoms with Gasteiger partial charge >= 0.3 is 5.97 Å². The van der Waals surface area contributed by atoms with E-state index in [9.17, 15) is 4.79 Å². The van der Waals surface area contributed by atoms with Gasteiger partial charge in [0.1, 0.15) is 0 Å². The van der Waals surface area contributed by atoms with Crippen molar-refractivity contribution in [2.45, 2.75) is 12.8 Å². The van der Waals surface area contributed by atoms with Crippen LogP contribution >= 0.6 is 0 Å². The molecule has 0 spiro atoms. The van der Waals surface area contributed by atoms with Crippen LogP contribution < -0.4 is 0 Å². The lowest BCUT2D eigenvalue weighted by Crippen LogP contribution is -2.13. The molecule has 0 fully saturated rings. The molecule has 0 saturated carbocycles. The Morgan fingerprint density at radius 2 is 2.44 bits per heavy atom. The monoisotopic (exact) mass is 137 g/mol. The average Bonchev–Trinajstić information content (AvgIpc) is 1.92. The van der Waals surface area contributed by atoms with Crippen molar-refractivity contribution in [3.63, 3.8) is 0 Å². The largest absolute Gasteiger partial charge is 0.481 e. The Kier molecular flexibility index (Phi) is 1.24. The Morgan fingerprint density at radius 1 is 1.78 bits per heavy atom. The maximum Gasteiger partial charge on any atom is 0.303 e. The lowest BCUT2D eigenvalue weighted by molar-refractivity contribution is -0.137. The van der Waals surface area contributed by atoms with Gasteiger partial charge in [0.25, 0.3) is 0 Å². The number of rotatable bonds is 4. The van der Waals surface area contributed by atoms with E-state index >= 15 is 0 Å². The van der Waals surface area contributed by atoms with E-state index in [0.29, 0.717) is 4.90 Å². The fourth-order valence-electron chi connectivity index (χ4n) is 0.388. The van der Waals surface area contributed by atoms with Crippen molar-refractivity contribution >= 4 is 5.97 Å². The van der Waals surface area contributed by atoms with Crippen LogP contribution in [0.5, 0.6) is 0 Å². The zero-order chi connectivity index (χ0) is 12.3. The van der Waals surface area contributed by atoms with Gasteiger partial charge in [0.2, 0.25) is 0 Å². The molecule has 0 aliphatic rings. The molecular formula is C6H13NO2. The van der Waals surface area contributed by atoms with Crippen molar-refractivity contribution < 1.29 is 18.1 Å². The van der Waals surface area contributed by atoms with Crippen molar-refractivity contribution in [1.82, 2.24) is 4.90 Å². The van der Waals surface area contributed by atoms with Gasteiger partial charge in [-0.2, -0.15) is 0 Å². The highest BCUT2D eigenvalue weighted by molar-refractivity contribution is 5.66. The summed E-state index contributed by atoms with van der Waals surface area (Å²) in [5.74, 6) is -1.08. The number of hydrogen-bond acceptors (Lipinski definition) is 2. The normalized spacial score (nSPS) is 22.8. The Labute approximate surface area is 63.7 Å². The van der Waals surface area contributed by atoms with Gasteiger partial charge in [0.05, 0.1) is 0 Å². The van der Waals surface area contributed by atoms with Gasteiger partial charge in [-0.25, -0.2) is 0 Å². The van der Waals surface area contributed by atoms with Crippen LogP contribution in [-0.2, 0) is 4.79 Å². The molecular weight excluding hydrogens is 118 g/mol. The second-order valence-electron chi connectivity index (χ2n) is 1.65. The quantitative estimate of drug-likeness (QED) is 0.610. The van der Waals surface area contributed by atoms with Crippen LogP contribution in [0.4, 0.5) is 0 Å². The summed E-state index contributed by atoms with van der Waals surface area (Å²) in [7, 11) is 0. The molecule has 0 amide bonds. The van der Waals surface area contributed by atoms with Crippen LogP contribution in [0.25, 0.3) is 0 Å². The number of aliphatic carboxylic acids is 1. The number of carboxylic acids is 1. The van der Waals surface area contributed by atoms with E-state index in [0.717, 1.165) is 0 Å². The molecule has 0 aromatic carbocycles. The summed E-state index contributed by atoms with van der Waals surface area (Å²) in [4.78, 5) is 10.5. The molecule has 0 radical (unpaired) electrons. The predicted molar refractivity (Wildman–Crippen MR) is 35.4 cm³/mol. The summed E-state index contributed by atoms with van der Waals surface area (Å²) in [5.41, 5.74) is 0. The van der Waals surface area contributed by atoms with E-state index in [4.69, 9.17) is 13.3 Å². The molecule has 0 atom stereocenters. The zero-order valence-electron chi connectivity index (χ0n) is 10.9. The Hall–Kier alpha value is -0.570. The second kappa shape index (κ2) is 4.32. The van der Waals surface area contributed by atoms with Crippen molar-refractivity contribution in [2.75, 3.05) is 20.5 Å². The molecule has 1 N–H and O–H groups in total. The Balaban J connectivity index is 4.35. The van der Waals surface area contributed by atoms with E-state index in [1.165, 1.54) is 0 Å². The van der Waals surface area contributed by atoms with E-state index in [1.807, 2.05) is 0 Å². The molecule has 9 heavy (non-hydrogen) atoms. The van der Waals surface area contributed by atoms with Gasteiger partial charge in [-0.05, 0) is 26.9 Å². The molecule has 0 bridgehead atoms. The molecule has 0 aliphatic heterocycles. The van der Waals surface area contributed by atoms with Crippen LogP contribution in [0.2, 0.25) is 0 Å². The summed E-state index contributed by atoms with van der Waals surface area (Å²) in [6, 6.07) is 0. The van der Waals surface area contributed by atoms with Crippen molar-refractivity contribution in [3.05, 3.63) is 0 Å². The highest BCUT2D eigenvalue weighted by Crippen LogP contribution is 1.89. The molecule has 0 unspecified atom stereocenters. The summed E-state index contributed by atoms with van der Waals surface area (Å²) in [6.07, 6.45) is -0.255. The molecule has 0 aromatic heterocycles. The minimum Gasteiger partial charge on any atom is -0.481 e. The lowest BCUT2D eigenvalue weighted by atomic mass is 10.3. The third-order valence-corrected chi connectivity index (χ3v) is 0.772. The van der Waals surface area contributed by atoms with Crippen molar-refractivity contribution in [3.8, 4) is 0 Å². The van der Waals surface area contributed by atoms with Crippen LogP contribution in [0.1, 0.15) is 21.1 Å². The SMILES string of the molecule is [2H]C([2H])([2H])N(CCCC(=O)O)C([2H])([2H])[2H]. The Morgan fingerprint density at radius 3 is 2.89 bits per heavy atom. The van der Waals surface area contributed by atoms with Gasteiger partial charge in [-0.1, -0.05) is 0 Å².